The monoisotopic (exact) mass is 827 g/mol. The van der Waals surface area contributed by atoms with E-state index in [0.717, 1.165) is 39.5 Å². The van der Waals surface area contributed by atoms with Crippen molar-refractivity contribution < 1.29 is 0 Å². The molecule has 0 saturated carbocycles. The van der Waals surface area contributed by atoms with E-state index in [-0.39, 0.29) is 0 Å². The zero-order valence-electron chi connectivity index (χ0n) is 35.5. The van der Waals surface area contributed by atoms with Gasteiger partial charge in [-0.15, -0.1) is 0 Å². The van der Waals surface area contributed by atoms with Crippen LogP contribution >= 0.6 is 0 Å². The molecule has 0 saturated heterocycles. The second-order valence-electron chi connectivity index (χ2n) is 17.2. The third kappa shape index (κ3) is 5.82. The number of hydrogen-bond donors (Lipinski definition) is 1. The second kappa shape index (κ2) is 14.9. The predicted molar refractivity (Wildman–Crippen MR) is 268 cm³/mol. The van der Waals surface area contributed by atoms with Gasteiger partial charge in [0.2, 0.25) is 0 Å². The van der Waals surface area contributed by atoms with E-state index in [2.05, 4.69) is 236 Å². The fourth-order valence-electron chi connectivity index (χ4n) is 10.9. The summed E-state index contributed by atoms with van der Waals surface area (Å²) in [6, 6.07) is 86.0. The molecule has 1 aliphatic heterocycles. The molecule has 0 aromatic heterocycles. The number of hydrogen-bond acceptors (Lipinski definition) is 3. The lowest BCUT2D eigenvalue weighted by atomic mass is 9.70. The Bertz CT molecular complexity index is 3520. The first kappa shape index (κ1) is 37.2. The first-order valence-corrected chi connectivity index (χ1v) is 22.4. The predicted octanol–water partition coefficient (Wildman–Crippen LogP) is 14.7. The van der Waals surface area contributed by atoms with Gasteiger partial charge in [0.1, 0.15) is 11.7 Å². The van der Waals surface area contributed by atoms with Crippen LogP contribution in [0, 0.1) is 0 Å². The van der Waals surface area contributed by atoms with Crippen molar-refractivity contribution in [1.29, 1.82) is 0 Å². The van der Waals surface area contributed by atoms with Gasteiger partial charge in [-0.05, 0) is 112 Å². The maximum atomic E-state index is 5.37. The van der Waals surface area contributed by atoms with Gasteiger partial charge in [0, 0.05) is 11.1 Å². The molecule has 0 bridgehead atoms. The zero-order valence-corrected chi connectivity index (χ0v) is 35.5. The molecule has 65 heavy (non-hydrogen) atoms. The Balaban J connectivity index is 0.980. The van der Waals surface area contributed by atoms with Crippen molar-refractivity contribution in [2.45, 2.75) is 11.6 Å². The molecular formula is C62H41N3. The zero-order chi connectivity index (χ0) is 42.9. The van der Waals surface area contributed by atoms with Crippen molar-refractivity contribution in [3.8, 4) is 55.6 Å². The van der Waals surface area contributed by atoms with Crippen LogP contribution in [0.3, 0.4) is 0 Å². The van der Waals surface area contributed by atoms with Crippen molar-refractivity contribution in [2.75, 3.05) is 0 Å². The van der Waals surface area contributed by atoms with E-state index >= 15 is 0 Å². The first-order valence-electron chi connectivity index (χ1n) is 22.4. The molecule has 3 nitrogen and oxygen atoms in total. The average molecular weight is 828 g/mol. The highest BCUT2D eigenvalue weighted by Crippen LogP contribution is 2.63. The quantitative estimate of drug-likeness (QED) is 0.178. The van der Waals surface area contributed by atoms with E-state index in [1.807, 2.05) is 6.07 Å². The van der Waals surface area contributed by atoms with Crippen LogP contribution in [0.1, 0.15) is 45.1 Å². The minimum Gasteiger partial charge on any atom is -0.324 e. The molecule has 3 heteroatoms. The normalized spacial score (nSPS) is 15.0. The van der Waals surface area contributed by atoms with Crippen LogP contribution in [-0.4, -0.2) is 11.7 Å². The highest BCUT2D eigenvalue weighted by molar-refractivity contribution is 6.16. The number of benzene rings is 10. The summed E-state index contributed by atoms with van der Waals surface area (Å²) in [5.41, 5.74) is 20.2. The van der Waals surface area contributed by atoms with Crippen LogP contribution in [0.4, 0.5) is 0 Å². The number of nitrogens with zero attached hydrogens (tertiary/aromatic N) is 2. The van der Waals surface area contributed by atoms with E-state index in [1.165, 1.54) is 77.5 Å². The minimum absolute atomic E-state index is 0.425. The van der Waals surface area contributed by atoms with Crippen LogP contribution in [-0.2, 0) is 5.41 Å². The molecule has 0 amide bonds. The van der Waals surface area contributed by atoms with Crippen molar-refractivity contribution in [3.63, 3.8) is 0 Å². The van der Waals surface area contributed by atoms with E-state index < -0.39 is 11.6 Å². The maximum Gasteiger partial charge on any atom is 0.169 e. The van der Waals surface area contributed by atoms with Crippen LogP contribution in [0.5, 0.6) is 0 Å². The summed E-state index contributed by atoms with van der Waals surface area (Å²) >= 11 is 0. The molecule has 10 aromatic rings. The van der Waals surface area contributed by atoms with Crippen molar-refractivity contribution in [2.24, 2.45) is 9.98 Å². The van der Waals surface area contributed by atoms with Crippen LogP contribution in [0.2, 0.25) is 0 Å². The molecule has 0 fully saturated rings. The van der Waals surface area contributed by atoms with E-state index in [4.69, 9.17) is 9.98 Å². The number of aliphatic imine (C=N–C) groups is 2. The minimum atomic E-state index is -0.471. The van der Waals surface area contributed by atoms with E-state index in [9.17, 15) is 0 Å². The van der Waals surface area contributed by atoms with Crippen molar-refractivity contribution >= 4 is 22.4 Å². The van der Waals surface area contributed by atoms with Gasteiger partial charge in [0.15, 0.2) is 6.17 Å². The molecule has 3 aliphatic rings. The summed E-state index contributed by atoms with van der Waals surface area (Å²) in [6.45, 7) is 0. The number of amidine groups is 2. The molecular weight excluding hydrogens is 787 g/mol. The van der Waals surface area contributed by atoms with Gasteiger partial charge in [-0.2, -0.15) is 0 Å². The highest BCUT2D eigenvalue weighted by atomic mass is 15.2. The molecule has 13 rings (SSSR count). The third-order valence-corrected chi connectivity index (χ3v) is 13.7. The Kier molecular flexibility index (Phi) is 8.50. The standard InChI is InChI=1S/C62H41N3/c1-3-17-40(18-4-1)43-22-15-24-46(37-43)60-63-59(42-20-5-2-6-21-42)64-61(65-60)47-25-16-23-45(38-47)58-48-26-8-7-19-41(48)33-35-49(58)44-34-36-53-52-29-11-14-32-56(52)62(57(53)39-44)54-30-12-9-27-50(54)51-28-10-13-31-55(51)62/h1-39,61H,(H,63,64,65). The van der Waals surface area contributed by atoms with Crippen LogP contribution in [0.25, 0.3) is 66.4 Å². The Morgan fingerprint density at radius 1 is 0.323 bits per heavy atom. The molecule has 1 atom stereocenters. The fourth-order valence-corrected chi connectivity index (χ4v) is 10.9. The van der Waals surface area contributed by atoms with Gasteiger partial charge in [-0.3, -0.25) is 0 Å². The third-order valence-electron chi connectivity index (χ3n) is 13.7. The fraction of sp³-hybridized carbons (Fsp3) is 0.0323. The van der Waals surface area contributed by atoms with Gasteiger partial charge in [-0.1, -0.05) is 218 Å². The van der Waals surface area contributed by atoms with Gasteiger partial charge in [0.05, 0.1) is 5.41 Å². The number of fused-ring (bicyclic) bond motifs is 11. The lowest BCUT2D eigenvalue weighted by molar-refractivity contribution is 0.756. The number of nitrogens with one attached hydrogen (secondary N) is 1. The average Bonchev–Trinajstić information content (AvgIpc) is 3.86. The Morgan fingerprint density at radius 2 is 0.846 bits per heavy atom. The number of rotatable bonds is 6. The van der Waals surface area contributed by atoms with Gasteiger partial charge < -0.3 is 5.32 Å². The Hall–Kier alpha value is -8.40. The summed E-state index contributed by atoms with van der Waals surface area (Å²) in [5.74, 6) is 1.59. The van der Waals surface area contributed by atoms with E-state index in [1.54, 1.807) is 0 Å². The van der Waals surface area contributed by atoms with Gasteiger partial charge in [-0.25, -0.2) is 9.98 Å². The highest BCUT2D eigenvalue weighted by Gasteiger charge is 2.51. The van der Waals surface area contributed by atoms with Crippen LogP contribution < -0.4 is 5.32 Å². The molecule has 1 spiro atoms. The maximum absolute atomic E-state index is 5.37. The molecule has 1 N–H and O–H groups in total. The topological polar surface area (TPSA) is 36.8 Å². The summed E-state index contributed by atoms with van der Waals surface area (Å²) in [4.78, 5) is 10.7. The van der Waals surface area contributed by atoms with Crippen LogP contribution in [0.15, 0.2) is 247 Å². The largest absolute Gasteiger partial charge is 0.324 e. The summed E-state index contributed by atoms with van der Waals surface area (Å²) in [7, 11) is 0. The molecule has 1 heterocycles. The SMILES string of the molecule is c1ccc(C2=NC(c3cccc(-c4c(-c5ccc6c(c5)C5(c7ccccc7-c7ccccc75)c5ccccc5-6)ccc5ccccc45)c3)N=C(c3cccc(-c4ccccc4)c3)N2)cc1. The lowest BCUT2D eigenvalue weighted by Crippen LogP contribution is -2.36. The first-order chi connectivity index (χ1) is 32.2. The van der Waals surface area contributed by atoms with Crippen molar-refractivity contribution in [3.05, 3.63) is 276 Å². The molecule has 10 aromatic carbocycles. The summed E-state index contributed by atoms with van der Waals surface area (Å²) in [6.07, 6.45) is -0.471. The lowest BCUT2D eigenvalue weighted by Gasteiger charge is -2.30. The van der Waals surface area contributed by atoms with E-state index in [0.29, 0.717) is 0 Å². The Morgan fingerprint density at radius 3 is 1.55 bits per heavy atom. The summed E-state index contributed by atoms with van der Waals surface area (Å²) in [5, 5.41) is 6.03. The molecule has 2 aliphatic carbocycles. The van der Waals surface area contributed by atoms with Gasteiger partial charge in [0.25, 0.3) is 0 Å². The molecule has 1 unspecified atom stereocenters. The molecule has 304 valence electrons. The Labute approximate surface area is 378 Å². The second-order valence-corrected chi connectivity index (χ2v) is 17.2. The van der Waals surface area contributed by atoms with Gasteiger partial charge >= 0.3 is 0 Å². The van der Waals surface area contributed by atoms with Crippen molar-refractivity contribution in [1.82, 2.24) is 5.32 Å². The molecule has 0 radical (unpaired) electrons. The summed E-state index contributed by atoms with van der Waals surface area (Å²) < 4.78 is 0. The smallest absolute Gasteiger partial charge is 0.169 e.